The monoisotopic (exact) mass is 383 g/mol. The summed E-state index contributed by atoms with van der Waals surface area (Å²) in [7, 11) is 0. The zero-order chi connectivity index (χ0) is 19.3. The minimum absolute atomic E-state index is 0.0574. The van der Waals surface area contributed by atoms with Crippen molar-refractivity contribution in [2.75, 3.05) is 29.9 Å². The Morgan fingerprint density at radius 1 is 1.37 bits per heavy atom. The molecule has 2 atom stereocenters. The van der Waals surface area contributed by atoms with Crippen LogP contribution >= 0.6 is 0 Å². The zero-order valence-electron chi connectivity index (χ0n) is 14.9. The molecule has 3 heterocycles. The summed E-state index contributed by atoms with van der Waals surface area (Å²) < 4.78 is 45.8. The Labute approximate surface area is 153 Å². The third-order valence-electron chi connectivity index (χ3n) is 5.19. The first kappa shape index (κ1) is 17.9. The first-order chi connectivity index (χ1) is 12.8. The van der Waals surface area contributed by atoms with Gasteiger partial charge in [0.15, 0.2) is 5.84 Å². The molecule has 3 N–H and O–H groups in total. The molecule has 4 rings (SSSR count). The zero-order valence-corrected chi connectivity index (χ0v) is 14.9. The highest BCUT2D eigenvalue weighted by Gasteiger charge is 2.41. The molecule has 0 aromatic heterocycles. The number of rotatable bonds is 3. The number of benzene rings is 1. The molecule has 7 nitrogen and oxygen atoms in total. The van der Waals surface area contributed by atoms with Crippen molar-refractivity contribution in [1.29, 1.82) is 0 Å². The minimum atomic E-state index is -4.37. The molecule has 146 valence electrons. The third kappa shape index (κ3) is 3.07. The summed E-state index contributed by atoms with van der Waals surface area (Å²) in [6, 6.07) is 2.58. The molecule has 0 saturated carbocycles. The van der Waals surface area contributed by atoms with Gasteiger partial charge in [0.25, 0.3) is 5.91 Å². The van der Waals surface area contributed by atoms with Crippen molar-refractivity contribution in [3.63, 3.8) is 0 Å². The maximum atomic E-state index is 13.4. The van der Waals surface area contributed by atoms with E-state index in [9.17, 15) is 18.0 Å². The molecular formula is C17H20F3N5O2. The Balaban J connectivity index is 1.80. The van der Waals surface area contributed by atoms with Crippen molar-refractivity contribution in [2.45, 2.75) is 38.0 Å². The highest BCUT2D eigenvalue weighted by molar-refractivity contribution is 6.09. The van der Waals surface area contributed by atoms with E-state index in [1.807, 2.05) is 0 Å². The average Bonchev–Trinajstić information content (AvgIpc) is 2.58. The topological polar surface area (TPSA) is 78.0 Å². The first-order valence-corrected chi connectivity index (χ1v) is 8.76. The molecule has 1 unspecified atom stereocenters. The van der Waals surface area contributed by atoms with E-state index in [1.54, 1.807) is 17.9 Å². The fourth-order valence-corrected chi connectivity index (χ4v) is 3.36. The maximum Gasteiger partial charge on any atom is 0.395 e. The SMILES string of the molecule is CC(c1cc2c(cc1NC1CNC1)N1C(=NNC(=O)[C@H]1C)CO2)C(F)(F)F. The second kappa shape index (κ2) is 6.29. The number of hydrogen-bond donors (Lipinski definition) is 3. The van der Waals surface area contributed by atoms with Gasteiger partial charge in [-0.05, 0) is 31.5 Å². The van der Waals surface area contributed by atoms with E-state index in [4.69, 9.17) is 4.74 Å². The first-order valence-electron chi connectivity index (χ1n) is 8.76. The predicted octanol–water partition coefficient (Wildman–Crippen LogP) is 1.77. The van der Waals surface area contributed by atoms with E-state index in [0.29, 0.717) is 36.0 Å². The van der Waals surface area contributed by atoms with E-state index in [1.165, 1.54) is 6.07 Å². The lowest BCUT2D eigenvalue weighted by Gasteiger charge is -2.39. The molecule has 1 amide bonds. The Morgan fingerprint density at radius 3 is 2.74 bits per heavy atom. The van der Waals surface area contributed by atoms with Crippen molar-refractivity contribution in [3.05, 3.63) is 17.7 Å². The summed E-state index contributed by atoms with van der Waals surface area (Å²) in [5, 5.41) is 10.3. The second-order valence-electron chi connectivity index (χ2n) is 7.01. The van der Waals surface area contributed by atoms with Crippen LogP contribution in [0.4, 0.5) is 24.5 Å². The summed E-state index contributed by atoms with van der Waals surface area (Å²) in [6.07, 6.45) is -4.37. The summed E-state index contributed by atoms with van der Waals surface area (Å²) in [6.45, 7) is 4.30. The number of halogens is 3. The largest absolute Gasteiger partial charge is 0.483 e. The van der Waals surface area contributed by atoms with Gasteiger partial charge in [-0.3, -0.25) is 4.79 Å². The lowest BCUT2D eigenvalue weighted by molar-refractivity contribution is -0.146. The average molecular weight is 383 g/mol. The van der Waals surface area contributed by atoms with Crippen LogP contribution in [0.5, 0.6) is 5.75 Å². The van der Waals surface area contributed by atoms with Gasteiger partial charge in [-0.15, -0.1) is 0 Å². The second-order valence-corrected chi connectivity index (χ2v) is 7.01. The van der Waals surface area contributed by atoms with Gasteiger partial charge < -0.3 is 20.3 Å². The molecule has 1 aromatic carbocycles. The normalized spacial score (nSPS) is 23.3. The number of amides is 1. The molecule has 0 spiro atoms. The van der Waals surface area contributed by atoms with Gasteiger partial charge in [-0.25, -0.2) is 5.43 Å². The van der Waals surface area contributed by atoms with Crippen molar-refractivity contribution in [3.8, 4) is 5.75 Å². The van der Waals surface area contributed by atoms with E-state index < -0.39 is 18.1 Å². The van der Waals surface area contributed by atoms with Crippen LogP contribution in [0.15, 0.2) is 17.2 Å². The van der Waals surface area contributed by atoms with Crippen LogP contribution in [0.1, 0.15) is 25.3 Å². The molecule has 3 aliphatic rings. The lowest BCUT2D eigenvalue weighted by atomic mass is 9.95. The number of hydrazone groups is 1. The molecule has 10 heteroatoms. The number of nitrogens with zero attached hydrogens (tertiary/aromatic N) is 2. The summed E-state index contributed by atoms with van der Waals surface area (Å²) >= 11 is 0. The van der Waals surface area contributed by atoms with E-state index in [2.05, 4.69) is 21.2 Å². The van der Waals surface area contributed by atoms with Crippen LogP contribution in [0, 0.1) is 0 Å². The number of ether oxygens (including phenoxy) is 1. The Hall–Kier alpha value is -2.49. The highest BCUT2D eigenvalue weighted by atomic mass is 19.4. The van der Waals surface area contributed by atoms with E-state index in [-0.39, 0.29) is 24.1 Å². The van der Waals surface area contributed by atoms with Crippen LogP contribution < -0.4 is 25.7 Å². The van der Waals surface area contributed by atoms with E-state index >= 15 is 0 Å². The lowest BCUT2D eigenvalue weighted by Crippen LogP contribution is -2.55. The van der Waals surface area contributed by atoms with Gasteiger partial charge in [-0.2, -0.15) is 18.3 Å². The molecular weight excluding hydrogens is 363 g/mol. The molecule has 0 bridgehead atoms. The third-order valence-corrected chi connectivity index (χ3v) is 5.19. The van der Waals surface area contributed by atoms with Crippen molar-refractivity contribution >= 4 is 23.1 Å². The van der Waals surface area contributed by atoms with Gasteiger partial charge in [-0.1, -0.05) is 0 Å². The fraction of sp³-hybridized carbons (Fsp3) is 0.529. The highest BCUT2D eigenvalue weighted by Crippen LogP contribution is 2.45. The van der Waals surface area contributed by atoms with Crippen molar-refractivity contribution < 1.29 is 22.7 Å². The van der Waals surface area contributed by atoms with Crippen LogP contribution in [-0.2, 0) is 4.79 Å². The van der Waals surface area contributed by atoms with Crippen LogP contribution in [-0.4, -0.2) is 49.7 Å². The number of anilines is 2. The quantitative estimate of drug-likeness (QED) is 0.742. The summed E-state index contributed by atoms with van der Waals surface area (Å²) in [5.41, 5.74) is 3.49. The van der Waals surface area contributed by atoms with Crippen molar-refractivity contribution in [2.24, 2.45) is 5.10 Å². The molecule has 27 heavy (non-hydrogen) atoms. The molecule has 1 aromatic rings. The smallest absolute Gasteiger partial charge is 0.395 e. The van der Waals surface area contributed by atoms with Gasteiger partial charge in [0, 0.05) is 18.8 Å². The van der Waals surface area contributed by atoms with Crippen LogP contribution in [0.2, 0.25) is 0 Å². The van der Waals surface area contributed by atoms with Gasteiger partial charge in [0.2, 0.25) is 0 Å². The number of hydrogen-bond acceptors (Lipinski definition) is 6. The Morgan fingerprint density at radius 2 is 2.11 bits per heavy atom. The molecule has 3 aliphatic heterocycles. The maximum absolute atomic E-state index is 13.4. The number of carbonyl (C=O) groups is 1. The van der Waals surface area contributed by atoms with Crippen LogP contribution in [0.3, 0.4) is 0 Å². The standard InChI is InChI=1S/C17H20F3N5O2/c1-8(17(18,19)20)11-3-14-13(4-12(11)22-10-5-21-6-10)25-9(2)16(26)24-23-15(25)7-27-14/h3-4,8-10,21-22H,5-7H2,1-2H3,(H,24,26)/t8?,9-/m1/s1. The van der Waals surface area contributed by atoms with Gasteiger partial charge in [0.05, 0.1) is 17.6 Å². The van der Waals surface area contributed by atoms with Gasteiger partial charge in [0.1, 0.15) is 18.4 Å². The Kier molecular flexibility index (Phi) is 4.17. The fourth-order valence-electron chi connectivity index (χ4n) is 3.36. The van der Waals surface area contributed by atoms with Crippen LogP contribution in [0.25, 0.3) is 0 Å². The number of fused-ring (bicyclic) bond motifs is 3. The Bertz CT molecular complexity index is 806. The number of alkyl halides is 3. The number of amidine groups is 1. The van der Waals surface area contributed by atoms with Crippen molar-refractivity contribution in [1.82, 2.24) is 10.7 Å². The molecule has 0 radical (unpaired) electrons. The number of nitrogens with one attached hydrogen (secondary N) is 3. The summed E-state index contributed by atoms with van der Waals surface area (Å²) in [5.74, 6) is -1.10. The van der Waals surface area contributed by atoms with Gasteiger partial charge >= 0.3 is 6.18 Å². The molecule has 0 aliphatic carbocycles. The summed E-state index contributed by atoms with van der Waals surface area (Å²) in [4.78, 5) is 13.7. The predicted molar refractivity (Wildman–Crippen MR) is 94.2 cm³/mol. The number of carbonyl (C=O) groups excluding carboxylic acids is 1. The van der Waals surface area contributed by atoms with E-state index in [0.717, 1.165) is 6.92 Å². The minimum Gasteiger partial charge on any atom is -0.483 e. The molecule has 1 saturated heterocycles. The molecule has 1 fully saturated rings.